The van der Waals surface area contributed by atoms with Crippen molar-refractivity contribution in [2.24, 2.45) is 0 Å². The van der Waals surface area contributed by atoms with Crippen molar-refractivity contribution in [3.05, 3.63) is 126 Å². The van der Waals surface area contributed by atoms with Crippen LogP contribution in [-0.2, 0) is 22.6 Å². The van der Waals surface area contributed by atoms with Crippen LogP contribution in [0.15, 0.2) is 82.4 Å². The topological polar surface area (TPSA) is 138 Å². The standard InChI is InChI=1S/C19H16ClN3O3.C18H14ClN3O3/c1-3-26-19(25)15-16(24)12-8-9-14(20)21-17(12)23-13-7-5-4-6-11(13)10-22(2)18(15)23;1-2-25-18(24)14-15(23)11-7-8-13(19)21-16(11)22-12-6-4-3-5-10(12)9-20-17(14)22/h4-9H,3,10H2,1-2H3;3-8,20H,2,9H2,1H3. The van der Waals surface area contributed by atoms with E-state index in [4.69, 9.17) is 32.7 Å². The minimum atomic E-state index is -0.653. The van der Waals surface area contributed by atoms with E-state index in [0.29, 0.717) is 46.8 Å². The number of para-hydroxylation sites is 2. The minimum absolute atomic E-state index is 0.0143. The van der Waals surface area contributed by atoms with Crippen LogP contribution in [0, 0.1) is 0 Å². The quantitative estimate of drug-likeness (QED) is 0.163. The van der Waals surface area contributed by atoms with Gasteiger partial charge in [-0.15, -0.1) is 0 Å². The highest BCUT2D eigenvalue weighted by atomic mass is 35.5. The number of anilines is 2. The number of aromatic nitrogens is 4. The van der Waals surface area contributed by atoms with Gasteiger partial charge in [-0.1, -0.05) is 59.6 Å². The fourth-order valence-electron chi connectivity index (χ4n) is 6.48. The molecular formula is C37H30Cl2N6O6. The summed E-state index contributed by atoms with van der Waals surface area (Å²) in [5.41, 5.74) is 3.79. The van der Waals surface area contributed by atoms with E-state index in [1.54, 1.807) is 36.6 Å². The summed E-state index contributed by atoms with van der Waals surface area (Å²) in [7, 11) is 1.83. The molecule has 0 spiro atoms. The zero-order chi connectivity index (χ0) is 36.0. The zero-order valence-electron chi connectivity index (χ0n) is 27.7. The summed E-state index contributed by atoms with van der Waals surface area (Å²) < 4.78 is 13.8. The van der Waals surface area contributed by atoms with Gasteiger partial charge in [0.2, 0.25) is 10.9 Å². The van der Waals surface area contributed by atoms with Gasteiger partial charge in [0.05, 0.1) is 35.4 Å². The maximum absolute atomic E-state index is 13.1. The lowest BCUT2D eigenvalue weighted by atomic mass is 10.1. The third kappa shape index (κ3) is 5.75. The van der Waals surface area contributed by atoms with Gasteiger partial charge in [-0.05, 0) is 61.4 Å². The monoisotopic (exact) mass is 724 g/mol. The van der Waals surface area contributed by atoms with Crippen molar-refractivity contribution < 1.29 is 19.1 Å². The molecule has 0 bridgehead atoms. The van der Waals surface area contributed by atoms with Gasteiger partial charge in [-0.3, -0.25) is 18.7 Å². The van der Waals surface area contributed by atoms with Crippen molar-refractivity contribution in [1.82, 2.24) is 19.1 Å². The lowest BCUT2D eigenvalue weighted by Crippen LogP contribution is -2.34. The molecule has 0 fully saturated rings. The number of ether oxygens (including phenoxy) is 2. The molecule has 6 aromatic rings. The van der Waals surface area contributed by atoms with E-state index in [1.807, 2.05) is 65.0 Å². The van der Waals surface area contributed by atoms with Crippen molar-refractivity contribution in [2.75, 3.05) is 30.5 Å². The van der Waals surface area contributed by atoms with E-state index in [1.165, 1.54) is 6.07 Å². The van der Waals surface area contributed by atoms with Crippen molar-refractivity contribution in [1.29, 1.82) is 0 Å². The van der Waals surface area contributed by atoms with E-state index >= 15 is 0 Å². The van der Waals surface area contributed by atoms with Gasteiger partial charge in [0.1, 0.15) is 33.1 Å². The summed E-state index contributed by atoms with van der Waals surface area (Å²) in [4.78, 5) is 61.6. The van der Waals surface area contributed by atoms with E-state index in [2.05, 4.69) is 15.3 Å². The first kappa shape index (κ1) is 33.8. The summed E-state index contributed by atoms with van der Waals surface area (Å²) in [5.74, 6) is -0.442. The van der Waals surface area contributed by atoms with Crippen LogP contribution < -0.4 is 21.1 Å². The first-order chi connectivity index (χ1) is 24.6. The Hall–Kier alpha value is -5.72. The summed E-state index contributed by atoms with van der Waals surface area (Å²) in [5, 5.41) is 4.35. The molecule has 6 heterocycles. The Morgan fingerprint density at radius 1 is 0.725 bits per heavy atom. The van der Waals surface area contributed by atoms with Gasteiger partial charge < -0.3 is 19.7 Å². The predicted molar refractivity (Wildman–Crippen MR) is 196 cm³/mol. The summed E-state index contributed by atoms with van der Waals surface area (Å²) >= 11 is 12.2. The average molecular weight is 726 g/mol. The number of rotatable bonds is 4. The van der Waals surface area contributed by atoms with Crippen molar-refractivity contribution in [2.45, 2.75) is 26.9 Å². The van der Waals surface area contributed by atoms with Gasteiger partial charge >= 0.3 is 11.9 Å². The Morgan fingerprint density at radius 3 is 1.84 bits per heavy atom. The molecule has 51 heavy (non-hydrogen) atoms. The third-order valence-electron chi connectivity index (χ3n) is 8.58. The average Bonchev–Trinajstić information content (AvgIpc) is 3.12. The van der Waals surface area contributed by atoms with E-state index in [9.17, 15) is 19.2 Å². The number of nitrogens with one attached hydrogen (secondary N) is 1. The second kappa shape index (κ2) is 13.5. The Kier molecular flexibility index (Phi) is 8.96. The van der Waals surface area contributed by atoms with Crippen LogP contribution in [0.4, 0.5) is 11.6 Å². The molecule has 12 nitrogen and oxygen atoms in total. The lowest BCUT2D eigenvalue weighted by Gasteiger charge is -2.33. The molecule has 258 valence electrons. The lowest BCUT2D eigenvalue weighted by molar-refractivity contribution is 0.0515. The van der Waals surface area contributed by atoms with Crippen LogP contribution >= 0.6 is 23.2 Å². The molecule has 0 radical (unpaired) electrons. The van der Waals surface area contributed by atoms with E-state index in [0.717, 1.165) is 22.5 Å². The number of halogens is 2. The maximum atomic E-state index is 13.1. The number of hydrogen-bond acceptors (Lipinski definition) is 10. The normalized spacial score (nSPS) is 12.5. The smallest absolute Gasteiger partial charge is 0.345 e. The molecule has 8 rings (SSSR count). The molecule has 0 unspecified atom stereocenters. The Morgan fingerprint density at radius 2 is 1.24 bits per heavy atom. The Bertz CT molecular complexity index is 2530. The van der Waals surface area contributed by atoms with Crippen LogP contribution in [0.25, 0.3) is 33.4 Å². The highest BCUT2D eigenvalue weighted by Crippen LogP contribution is 2.35. The maximum Gasteiger partial charge on any atom is 0.345 e. The van der Waals surface area contributed by atoms with Crippen LogP contribution in [0.3, 0.4) is 0 Å². The minimum Gasteiger partial charge on any atom is -0.462 e. The van der Waals surface area contributed by atoms with Gasteiger partial charge in [0.25, 0.3) is 0 Å². The van der Waals surface area contributed by atoms with Crippen LogP contribution in [-0.4, -0.2) is 51.3 Å². The molecule has 0 aliphatic carbocycles. The number of carbonyl (C=O) groups excluding carboxylic acids is 2. The predicted octanol–water partition coefficient (Wildman–Crippen LogP) is 6.31. The molecule has 0 saturated carbocycles. The van der Waals surface area contributed by atoms with Gasteiger partial charge in [0.15, 0.2) is 11.3 Å². The molecule has 0 saturated heterocycles. The molecule has 4 aromatic heterocycles. The fraction of sp³-hybridized carbons (Fsp3) is 0.189. The van der Waals surface area contributed by atoms with Crippen LogP contribution in [0.2, 0.25) is 10.3 Å². The largest absolute Gasteiger partial charge is 0.462 e. The Balaban J connectivity index is 0.000000159. The van der Waals surface area contributed by atoms with Crippen molar-refractivity contribution in [3.63, 3.8) is 0 Å². The number of benzene rings is 2. The second-order valence-electron chi connectivity index (χ2n) is 11.7. The molecule has 1 N–H and O–H groups in total. The highest BCUT2D eigenvalue weighted by molar-refractivity contribution is 6.30. The number of nitrogens with zero attached hydrogens (tertiary/aromatic N) is 5. The molecule has 2 aliphatic heterocycles. The molecule has 14 heteroatoms. The number of fused-ring (bicyclic) bond motifs is 10. The summed E-state index contributed by atoms with van der Waals surface area (Å²) in [6.07, 6.45) is 0. The Labute approximate surface area is 300 Å². The number of carbonyl (C=O) groups is 2. The molecular weight excluding hydrogens is 695 g/mol. The third-order valence-corrected chi connectivity index (χ3v) is 9.01. The molecule has 0 atom stereocenters. The van der Waals surface area contributed by atoms with Crippen molar-refractivity contribution >= 4 is 68.8 Å². The molecule has 0 amide bonds. The molecule has 2 aromatic carbocycles. The zero-order valence-corrected chi connectivity index (χ0v) is 29.2. The van der Waals surface area contributed by atoms with Gasteiger partial charge in [-0.25, -0.2) is 19.6 Å². The van der Waals surface area contributed by atoms with Crippen LogP contribution in [0.1, 0.15) is 45.7 Å². The van der Waals surface area contributed by atoms with Crippen LogP contribution in [0.5, 0.6) is 0 Å². The number of hydrogen-bond donors (Lipinski definition) is 1. The first-order valence-electron chi connectivity index (χ1n) is 16.1. The highest BCUT2D eigenvalue weighted by Gasteiger charge is 2.31. The van der Waals surface area contributed by atoms with E-state index in [-0.39, 0.29) is 34.6 Å². The summed E-state index contributed by atoms with van der Waals surface area (Å²) in [6, 6.07) is 21.8. The SMILES string of the molecule is CCOC(=O)c1c2n(c3nc(Cl)ccc3c1=O)-c1ccccc1CN2.CCOC(=O)c1c2n(c3nc(Cl)ccc3c1=O)-c1ccccc1CN2C. The number of pyridine rings is 4. The second-order valence-corrected chi connectivity index (χ2v) is 12.4. The summed E-state index contributed by atoms with van der Waals surface area (Å²) in [6.45, 7) is 4.85. The van der Waals surface area contributed by atoms with Gasteiger partial charge in [0, 0.05) is 20.1 Å². The van der Waals surface area contributed by atoms with Gasteiger partial charge in [-0.2, -0.15) is 0 Å². The number of esters is 2. The van der Waals surface area contributed by atoms with Crippen molar-refractivity contribution in [3.8, 4) is 11.4 Å². The fourth-order valence-corrected chi connectivity index (χ4v) is 6.76. The molecule has 2 aliphatic rings. The van der Waals surface area contributed by atoms with E-state index < -0.39 is 22.8 Å². The first-order valence-corrected chi connectivity index (χ1v) is 16.9.